The fraction of sp³-hybridized carbons (Fsp3) is 0.467. The highest BCUT2D eigenvalue weighted by molar-refractivity contribution is 5.94. The van der Waals surface area contributed by atoms with Crippen molar-refractivity contribution in [2.24, 2.45) is 0 Å². The Kier molecular flexibility index (Phi) is 3.69. The van der Waals surface area contributed by atoms with Gasteiger partial charge in [0.2, 0.25) is 5.91 Å². The fourth-order valence-electron chi connectivity index (χ4n) is 2.97. The lowest BCUT2D eigenvalue weighted by atomic mass is 10.1. The van der Waals surface area contributed by atoms with Gasteiger partial charge < -0.3 is 10.1 Å². The Balaban J connectivity index is 1.63. The van der Waals surface area contributed by atoms with Gasteiger partial charge in [-0.3, -0.25) is 14.5 Å². The zero-order valence-corrected chi connectivity index (χ0v) is 11.2. The van der Waals surface area contributed by atoms with Crippen LogP contribution in [0.1, 0.15) is 19.3 Å². The molecule has 2 aliphatic rings. The standard InChI is InChI=1S/C15H18N2O3/c18-14(16-11-5-2-1-3-6-11)9-13-15(19)20-10-12-7-4-8-17(12)13/h1-3,5-6,12-13H,4,7-10H2,(H,16,18). The van der Waals surface area contributed by atoms with Crippen molar-refractivity contribution >= 4 is 17.6 Å². The molecular formula is C15H18N2O3. The average Bonchev–Trinajstić information content (AvgIpc) is 2.92. The van der Waals surface area contributed by atoms with E-state index in [0.717, 1.165) is 25.1 Å². The molecule has 0 saturated carbocycles. The number of rotatable bonds is 3. The Morgan fingerprint density at radius 3 is 2.95 bits per heavy atom. The van der Waals surface area contributed by atoms with E-state index in [1.807, 2.05) is 30.3 Å². The van der Waals surface area contributed by atoms with Crippen molar-refractivity contribution in [1.29, 1.82) is 0 Å². The summed E-state index contributed by atoms with van der Waals surface area (Å²) in [5.74, 6) is -0.419. The number of amides is 1. The Hall–Kier alpha value is -1.88. The highest BCUT2D eigenvalue weighted by Gasteiger charge is 2.41. The number of para-hydroxylation sites is 1. The molecule has 0 aliphatic carbocycles. The molecule has 2 heterocycles. The molecule has 1 amide bonds. The molecule has 5 nitrogen and oxygen atoms in total. The smallest absolute Gasteiger partial charge is 0.323 e. The van der Waals surface area contributed by atoms with Gasteiger partial charge in [0.25, 0.3) is 0 Å². The number of nitrogens with one attached hydrogen (secondary N) is 1. The van der Waals surface area contributed by atoms with E-state index in [2.05, 4.69) is 10.2 Å². The highest BCUT2D eigenvalue weighted by Crippen LogP contribution is 2.26. The van der Waals surface area contributed by atoms with Gasteiger partial charge in [-0.15, -0.1) is 0 Å². The number of anilines is 1. The van der Waals surface area contributed by atoms with Gasteiger partial charge in [-0.25, -0.2) is 0 Å². The number of ether oxygens (including phenoxy) is 1. The monoisotopic (exact) mass is 274 g/mol. The van der Waals surface area contributed by atoms with Crippen molar-refractivity contribution in [3.05, 3.63) is 30.3 Å². The van der Waals surface area contributed by atoms with Crippen LogP contribution >= 0.6 is 0 Å². The van der Waals surface area contributed by atoms with E-state index < -0.39 is 6.04 Å². The lowest BCUT2D eigenvalue weighted by molar-refractivity contribution is -0.161. The van der Waals surface area contributed by atoms with E-state index in [4.69, 9.17) is 4.74 Å². The number of morpholine rings is 1. The number of hydrogen-bond acceptors (Lipinski definition) is 4. The average molecular weight is 274 g/mol. The van der Waals surface area contributed by atoms with E-state index >= 15 is 0 Å². The zero-order chi connectivity index (χ0) is 13.9. The third-order valence-corrected chi connectivity index (χ3v) is 3.95. The van der Waals surface area contributed by atoms with Crippen LogP contribution in [0.15, 0.2) is 30.3 Å². The summed E-state index contributed by atoms with van der Waals surface area (Å²) in [7, 11) is 0. The molecule has 0 spiro atoms. The number of cyclic esters (lactones) is 1. The molecule has 106 valence electrons. The van der Waals surface area contributed by atoms with Crippen LogP contribution in [-0.4, -0.2) is 42.0 Å². The molecule has 1 aromatic carbocycles. The number of esters is 1. The molecule has 0 aromatic heterocycles. The van der Waals surface area contributed by atoms with Crippen molar-refractivity contribution in [1.82, 2.24) is 4.90 Å². The second-order valence-electron chi connectivity index (χ2n) is 5.30. The fourth-order valence-corrected chi connectivity index (χ4v) is 2.97. The first-order valence-corrected chi connectivity index (χ1v) is 7.01. The molecule has 2 aliphatic heterocycles. The molecule has 0 bridgehead atoms. The number of hydrogen-bond donors (Lipinski definition) is 1. The van der Waals surface area contributed by atoms with Crippen molar-refractivity contribution in [2.75, 3.05) is 18.5 Å². The van der Waals surface area contributed by atoms with Crippen molar-refractivity contribution in [2.45, 2.75) is 31.3 Å². The SMILES string of the molecule is O=C(CC1C(=O)OCC2CCCN21)Nc1ccccc1. The Morgan fingerprint density at radius 2 is 2.15 bits per heavy atom. The maximum Gasteiger partial charge on any atom is 0.323 e. The van der Waals surface area contributed by atoms with Gasteiger partial charge in [-0.2, -0.15) is 0 Å². The number of benzene rings is 1. The molecule has 0 radical (unpaired) electrons. The van der Waals surface area contributed by atoms with E-state index in [1.165, 1.54) is 0 Å². The lowest BCUT2D eigenvalue weighted by Crippen LogP contribution is -2.52. The Bertz CT molecular complexity index is 503. The van der Waals surface area contributed by atoms with Crippen LogP contribution in [0.2, 0.25) is 0 Å². The third-order valence-electron chi connectivity index (χ3n) is 3.95. The minimum absolute atomic E-state index is 0.147. The molecule has 2 atom stereocenters. The maximum absolute atomic E-state index is 12.1. The lowest BCUT2D eigenvalue weighted by Gasteiger charge is -2.35. The largest absolute Gasteiger partial charge is 0.463 e. The number of fused-ring (bicyclic) bond motifs is 1. The Morgan fingerprint density at radius 1 is 1.35 bits per heavy atom. The number of carbonyl (C=O) groups excluding carboxylic acids is 2. The summed E-state index contributed by atoms with van der Waals surface area (Å²) >= 11 is 0. The summed E-state index contributed by atoms with van der Waals surface area (Å²) in [6.45, 7) is 1.35. The normalized spacial score (nSPS) is 25.9. The van der Waals surface area contributed by atoms with Gasteiger partial charge in [-0.1, -0.05) is 18.2 Å². The predicted molar refractivity (Wildman–Crippen MR) is 74.2 cm³/mol. The molecule has 2 fully saturated rings. The second-order valence-corrected chi connectivity index (χ2v) is 5.30. The van der Waals surface area contributed by atoms with Crippen molar-refractivity contribution in [3.8, 4) is 0 Å². The predicted octanol–water partition coefficient (Wildman–Crippen LogP) is 1.40. The van der Waals surface area contributed by atoms with Gasteiger partial charge >= 0.3 is 5.97 Å². The number of nitrogens with zero attached hydrogens (tertiary/aromatic N) is 1. The minimum Gasteiger partial charge on any atom is -0.463 e. The quantitative estimate of drug-likeness (QED) is 0.847. The molecular weight excluding hydrogens is 256 g/mol. The third kappa shape index (κ3) is 2.67. The summed E-state index contributed by atoms with van der Waals surface area (Å²) in [4.78, 5) is 26.1. The summed E-state index contributed by atoms with van der Waals surface area (Å²) in [6, 6.07) is 9.14. The van der Waals surface area contributed by atoms with Crippen LogP contribution in [0.25, 0.3) is 0 Å². The van der Waals surface area contributed by atoms with E-state index in [9.17, 15) is 9.59 Å². The zero-order valence-electron chi connectivity index (χ0n) is 11.2. The molecule has 5 heteroatoms. The molecule has 1 N–H and O–H groups in total. The Labute approximate surface area is 117 Å². The van der Waals surface area contributed by atoms with Crippen LogP contribution in [-0.2, 0) is 14.3 Å². The van der Waals surface area contributed by atoms with Gasteiger partial charge in [0.05, 0.1) is 6.42 Å². The van der Waals surface area contributed by atoms with Gasteiger partial charge in [0, 0.05) is 11.7 Å². The number of carbonyl (C=O) groups is 2. The van der Waals surface area contributed by atoms with Crippen LogP contribution in [0.4, 0.5) is 5.69 Å². The van der Waals surface area contributed by atoms with Gasteiger partial charge in [-0.05, 0) is 31.5 Å². The van der Waals surface area contributed by atoms with Gasteiger partial charge in [0.15, 0.2) is 0 Å². The summed E-state index contributed by atoms with van der Waals surface area (Å²) in [5.41, 5.74) is 0.750. The summed E-state index contributed by atoms with van der Waals surface area (Å²) < 4.78 is 5.19. The topological polar surface area (TPSA) is 58.6 Å². The van der Waals surface area contributed by atoms with E-state index in [-0.39, 0.29) is 18.3 Å². The summed E-state index contributed by atoms with van der Waals surface area (Å²) in [5, 5.41) is 2.82. The van der Waals surface area contributed by atoms with Gasteiger partial charge in [0.1, 0.15) is 12.6 Å². The summed E-state index contributed by atoms with van der Waals surface area (Å²) in [6.07, 6.45) is 2.27. The minimum atomic E-state index is -0.431. The van der Waals surface area contributed by atoms with Crippen molar-refractivity contribution < 1.29 is 14.3 Å². The van der Waals surface area contributed by atoms with E-state index in [0.29, 0.717) is 12.6 Å². The van der Waals surface area contributed by atoms with Crippen LogP contribution in [0.3, 0.4) is 0 Å². The maximum atomic E-state index is 12.1. The molecule has 3 rings (SSSR count). The second kappa shape index (κ2) is 5.63. The van der Waals surface area contributed by atoms with Crippen LogP contribution < -0.4 is 5.32 Å². The first-order chi connectivity index (χ1) is 9.74. The highest BCUT2D eigenvalue weighted by atomic mass is 16.5. The van der Waals surface area contributed by atoms with Crippen molar-refractivity contribution in [3.63, 3.8) is 0 Å². The van der Waals surface area contributed by atoms with E-state index in [1.54, 1.807) is 0 Å². The molecule has 2 saturated heterocycles. The first-order valence-electron chi connectivity index (χ1n) is 7.01. The molecule has 2 unspecified atom stereocenters. The molecule has 1 aromatic rings. The van der Waals surface area contributed by atoms with Crippen LogP contribution in [0, 0.1) is 0 Å². The first kappa shape index (κ1) is 13.1. The molecule has 20 heavy (non-hydrogen) atoms. The van der Waals surface area contributed by atoms with Crippen LogP contribution in [0.5, 0.6) is 0 Å².